The number of anilines is 1. The molecule has 4 aliphatic carbocycles. The molecule has 1 N–H and O–H groups in total. The Morgan fingerprint density at radius 1 is 1.17 bits per heavy atom. The molecule has 5 rings (SSSR count). The van der Waals surface area contributed by atoms with Crippen LogP contribution in [0, 0.1) is 17.3 Å². The van der Waals surface area contributed by atoms with E-state index in [-0.39, 0.29) is 16.2 Å². The quantitative estimate of drug-likeness (QED) is 0.745. The molecule has 0 aromatic heterocycles. The molecule has 1 aromatic rings. The number of hydrogen-bond donors (Lipinski definition) is 1. The number of para-hydroxylation sites is 1. The van der Waals surface area contributed by atoms with Crippen LogP contribution in [0.1, 0.15) is 63.9 Å². The third kappa shape index (κ3) is 2.59. The molecule has 2 atom stereocenters. The Kier molecular flexibility index (Phi) is 3.53. The largest absolute Gasteiger partial charge is 0.325 e. The summed E-state index contributed by atoms with van der Waals surface area (Å²) in [4.78, 5) is 13.1. The fourth-order valence-corrected chi connectivity index (χ4v) is 6.48. The van der Waals surface area contributed by atoms with Gasteiger partial charge in [0.25, 0.3) is 0 Å². The summed E-state index contributed by atoms with van der Waals surface area (Å²) in [6.07, 6.45) is 6.45. The van der Waals surface area contributed by atoms with Crippen molar-refractivity contribution in [2.45, 2.75) is 63.2 Å². The Morgan fingerprint density at radius 2 is 1.83 bits per heavy atom. The molecule has 0 aliphatic heterocycles. The molecule has 2 unspecified atom stereocenters. The third-order valence-electron chi connectivity index (χ3n) is 6.30. The van der Waals surface area contributed by atoms with Crippen molar-refractivity contribution in [3.8, 4) is 0 Å². The second-order valence-electron chi connectivity index (χ2n) is 8.59. The van der Waals surface area contributed by atoms with Gasteiger partial charge < -0.3 is 5.32 Å². The Balaban J connectivity index is 1.61. The van der Waals surface area contributed by atoms with E-state index in [0.717, 1.165) is 37.8 Å². The van der Waals surface area contributed by atoms with Gasteiger partial charge in [-0.05, 0) is 67.9 Å². The number of alkyl halides is 1. The summed E-state index contributed by atoms with van der Waals surface area (Å²) in [5, 5.41) is 3.27. The predicted molar refractivity (Wildman–Crippen MR) is 94.9 cm³/mol. The average molecular weight is 332 g/mol. The molecule has 0 radical (unpaired) electrons. The molecule has 23 heavy (non-hydrogen) atoms. The highest BCUT2D eigenvalue weighted by Gasteiger charge is 2.60. The van der Waals surface area contributed by atoms with Crippen molar-refractivity contribution in [1.82, 2.24) is 0 Å². The lowest BCUT2D eigenvalue weighted by atomic mass is 9.49. The van der Waals surface area contributed by atoms with Crippen LogP contribution in [0.3, 0.4) is 0 Å². The van der Waals surface area contributed by atoms with Gasteiger partial charge in [0.2, 0.25) is 5.91 Å². The Morgan fingerprint density at radius 3 is 2.43 bits per heavy atom. The van der Waals surface area contributed by atoms with E-state index in [1.165, 1.54) is 12.0 Å². The second kappa shape index (κ2) is 5.24. The summed E-state index contributed by atoms with van der Waals surface area (Å²) in [5.41, 5.74) is 1.97. The zero-order valence-electron chi connectivity index (χ0n) is 14.1. The predicted octanol–water partition coefficient (Wildman–Crippen LogP) is 5.33. The average Bonchev–Trinajstić information content (AvgIpc) is 2.45. The minimum absolute atomic E-state index is 0.112. The first-order valence-corrected chi connectivity index (χ1v) is 9.36. The van der Waals surface area contributed by atoms with Crippen LogP contribution in [0.2, 0.25) is 0 Å². The number of carbonyl (C=O) groups excluding carboxylic acids is 1. The molecule has 1 amide bonds. The SMILES string of the molecule is CC(C)c1ccccc1NC(=O)C12CC3CC(CC(Cl)(C3)C1)C2. The molecule has 124 valence electrons. The first-order valence-electron chi connectivity index (χ1n) is 8.98. The van der Waals surface area contributed by atoms with Crippen molar-refractivity contribution in [3.63, 3.8) is 0 Å². The monoisotopic (exact) mass is 331 g/mol. The molecule has 0 spiro atoms. The highest BCUT2D eigenvalue weighted by Crippen LogP contribution is 2.64. The number of amides is 1. The number of nitrogens with one attached hydrogen (secondary N) is 1. The maximum absolute atomic E-state index is 13.2. The maximum atomic E-state index is 13.2. The molecule has 4 bridgehead atoms. The molecule has 3 heteroatoms. The smallest absolute Gasteiger partial charge is 0.230 e. The van der Waals surface area contributed by atoms with E-state index >= 15 is 0 Å². The standard InChI is InChI=1S/C20H26ClNO/c1-13(2)16-5-3-4-6-17(16)22-18(23)19-8-14-7-15(9-19)11-20(21,10-14)12-19/h3-6,13-15H,7-12H2,1-2H3,(H,22,23). The molecular weight excluding hydrogens is 306 g/mol. The lowest BCUT2D eigenvalue weighted by Gasteiger charge is -2.59. The van der Waals surface area contributed by atoms with Crippen LogP contribution < -0.4 is 5.32 Å². The number of carbonyl (C=O) groups is 1. The minimum Gasteiger partial charge on any atom is -0.325 e. The van der Waals surface area contributed by atoms with Gasteiger partial charge >= 0.3 is 0 Å². The van der Waals surface area contributed by atoms with Crippen LogP contribution in [0.15, 0.2) is 24.3 Å². The summed E-state index contributed by atoms with van der Waals surface area (Å²) in [6, 6.07) is 8.20. The summed E-state index contributed by atoms with van der Waals surface area (Å²) >= 11 is 6.87. The Hall–Kier alpha value is -1.02. The van der Waals surface area contributed by atoms with E-state index in [2.05, 4.69) is 25.2 Å². The van der Waals surface area contributed by atoms with Crippen LogP contribution >= 0.6 is 11.6 Å². The van der Waals surface area contributed by atoms with Gasteiger partial charge in [0.1, 0.15) is 0 Å². The van der Waals surface area contributed by atoms with E-state index < -0.39 is 0 Å². The van der Waals surface area contributed by atoms with Crippen molar-refractivity contribution in [3.05, 3.63) is 29.8 Å². The fraction of sp³-hybridized carbons (Fsp3) is 0.650. The van der Waals surface area contributed by atoms with Crippen molar-refractivity contribution >= 4 is 23.2 Å². The number of rotatable bonds is 3. The molecular formula is C20H26ClNO. The molecule has 4 saturated carbocycles. The van der Waals surface area contributed by atoms with Gasteiger partial charge in [0.05, 0.1) is 5.41 Å². The van der Waals surface area contributed by atoms with Gasteiger partial charge in [-0.15, -0.1) is 11.6 Å². The highest BCUT2D eigenvalue weighted by atomic mass is 35.5. The lowest BCUT2D eigenvalue weighted by Crippen LogP contribution is -2.57. The van der Waals surface area contributed by atoms with Gasteiger partial charge in [0, 0.05) is 10.6 Å². The first kappa shape index (κ1) is 15.5. The van der Waals surface area contributed by atoms with E-state index in [1.54, 1.807) is 0 Å². The molecule has 1 aromatic carbocycles. The van der Waals surface area contributed by atoms with E-state index in [4.69, 9.17) is 11.6 Å². The minimum atomic E-state index is -0.226. The van der Waals surface area contributed by atoms with Crippen molar-refractivity contribution in [2.24, 2.45) is 17.3 Å². The van der Waals surface area contributed by atoms with E-state index in [9.17, 15) is 4.79 Å². The summed E-state index contributed by atoms with van der Waals surface area (Å²) < 4.78 is 0. The molecule has 2 nitrogen and oxygen atoms in total. The van der Waals surface area contributed by atoms with Gasteiger partial charge in [0.15, 0.2) is 0 Å². The number of benzene rings is 1. The highest BCUT2D eigenvalue weighted by molar-refractivity contribution is 6.24. The Bertz CT molecular complexity index is 624. The number of hydrogen-bond acceptors (Lipinski definition) is 1. The van der Waals surface area contributed by atoms with Gasteiger partial charge in [-0.1, -0.05) is 32.0 Å². The van der Waals surface area contributed by atoms with Gasteiger partial charge in [-0.25, -0.2) is 0 Å². The van der Waals surface area contributed by atoms with Crippen LogP contribution in [-0.4, -0.2) is 10.8 Å². The van der Waals surface area contributed by atoms with Crippen LogP contribution in [-0.2, 0) is 4.79 Å². The molecule has 4 fully saturated rings. The lowest BCUT2D eigenvalue weighted by molar-refractivity contribution is -0.138. The van der Waals surface area contributed by atoms with E-state index in [0.29, 0.717) is 17.8 Å². The van der Waals surface area contributed by atoms with E-state index in [1.807, 2.05) is 18.2 Å². The second-order valence-corrected chi connectivity index (χ2v) is 9.39. The molecule has 0 saturated heterocycles. The molecule has 4 aliphatic rings. The van der Waals surface area contributed by atoms with Gasteiger partial charge in [-0.2, -0.15) is 0 Å². The van der Waals surface area contributed by atoms with Gasteiger partial charge in [-0.3, -0.25) is 4.79 Å². The molecule has 0 heterocycles. The normalized spacial score (nSPS) is 38.1. The summed E-state index contributed by atoms with van der Waals surface area (Å²) in [7, 11) is 0. The van der Waals surface area contributed by atoms with Crippen LogP contribution in [0.25, 0.3) is 0 Å². The van der Waals surface area contributed by atoms with Crippen molar-refractivity contribution < 1.29 is 4.79 Å². The van der Waals surface area contributed by atoms with Crippen molar-refractivity contribution in [1.29, 1.82) is 0 Å². The third-order valence-corrected chi connectivity index (χ3v) is 6.74. The Labute approximate surface area is 144 Å². The zero-order chi connectivity index (χ0) is 16.2. The summed E-state index contributed by atoms with van der Waals surface area (Å²) in [5.74, 6) is 1.92. The van der Waals surface area contributed by atoms with Crippen LogP contribution in [0.4, 0.5) is 5.69 Å². The number of halogens is 1. The first-order chi connectivity index (χ1) is 10.9. The zero-order valence-corrected chi connectivity index (χ0v) is 14.8. The fourth-order valence-electron chi connectivity index (χ4n) is 5.79. The topological polar surface area (TPSA) is 29.1 Å². The van der Waals surface area contributed by atoms with Crippen LogP contribution in [0.5, 0.6) is 0 Å². The maximum Gasteiger partial charge on any atom is 0.230 e. The summed E-state index contributed by atoms with van der Waals surface area (Å²) in [6.45, 7) is 4.34. The van der Waals surface area contributed by atoms with Crippen molar-refractivity contribution in [2.75, 3.05) is 5.32 Å².